The van der Waals surface area contributed by atoms with Gasteiger partial charge in [-0.3, -0.25) is 0 Å². The molecule has 0 aliphatic carbocycles. The highest BCUT2D eigenvalue weighted by Gasteiger charge is 2.43. The van der Waals surface area contributed by atoms with Crippen molar-refractivity contribution < 1.29 is 28.1 Å². The number of β-amino-alcohol motifs (C(OH)–C–C–N with tert-alkyl or cyclic N) is 1. The Kier molecular flexibility index (Phi) is 4.36. The highest BCUT2D eigenvalue weighted by molar-refractivity contribution is 7.89. The Labute approximate surface area is 151 Å². The molecule has 138 valence electrons. The fraction of sp³-hybridized carbons (Fsp3) is 0.333. The normalized spacial score (nSPS) is 23.6. The molecule has 2 aliphatic rings. The van der Waals surface area contributed by atoms with E-state index in [1.165, 1.54) is 10.4 Å². The molecule has 8 heteroatoms. The lowest BCUT2D eigenvalue weighted by Gasteiger charge is -2.39. The number of aliphatic hydroxyl groups excluding tert-OH is 2. The van der Waals surface area contributed by atoms with Crippen molar-refractivity contribution >= 4 is 10.0 Å². The molecule has 0 spiro atoms. The lowest BCUT2D eigenvalue weighted by atomic mass is 9.95. The van der Waals surface area contributed by atoms with Gasteiger partial charge in [0.15, 0.2) is 11.5 Å². The van der Waals surface area contributed by atoms with Crippen molar-refractivity contribution in [2.75, 3.05) is 19.9 Å². The van der Waals surface area contributed by atoms with E-state index in [1.54, 1.807) is 30.3 Å². The van der Waals surface area contributed by atoms with Gasteiger partial charge in [-0.05, 0) is 30.2 Å². The maximum absolute atomic E-state index is 13.0. The van der Waals surface area contributed by atoms with Crippen LogP contribution in [0.4, 0.5) is 0 Å². The highest BCUT2D eigenvalue weighted by atomic mass is 32.2. The molecule has 0 unspecified atom stereocenters. The quantitative estimate of drug-likeness (QED) is 0.827. The summed E-state index contributed by atoms with van der Waals surface area (Å²) < 4.78 is 37.8. The van der Waals surface area contributed by atoms with Gasteiger partial charge in [0.25, 0.3) is 0 Å². The monoisotopic (exact) mass is 377 g/mol. The van der Waals surface area contributed by atoms with Crippen molar-refractivity contribution in [3.05, 3.63) is 53.6 Å². The Hall–Kier alpha value is -2.13. The topological polar surface area (TPSA) is 96.3 Å². The number of hydrogen-bond donors (Lipinski definition) is 2. The average molecular weight is 377 g/mol. The summed E-state index contributed by atoms with van der Waals surface area (Å²) in [6, 6.07) is 11.1. The minimum absolute atomic E-state index is 0.0804. The zero-order chi connectivity index (χ0) is 18.3. The van der Waals surface area contributed by atoms with E-state index in [9.17, 15) is 18.6 Å². The van der Waals surface area contributed by atoms with Crippen LogP contribution >= 0.6 is 0 Å². The molecule has 2 atom stereocenters. The Bertz CT molecular complexity index is 929. The van der Waals surface area contributed by atoms with Gasteiger partial charge in [0.2, 0.25) is 16.8 Å². The number of fused-ring (bicyclic) bond motifs is 2. The van der Waals surface area contributed by atoms with Crippen LogP contribution in [0.5, 0.6) is 11.5 Å². The van der Waals surface area contributed by atoms with E-state index in [2.05, 4.69) is 0 Å². The predicted octanol–water partition coefficient (Wildman–Crippen LogP) is 1.06. The van der Waals surface area contributed by atoms with Crippen molar-refractivity contribution in [3.63, 3.8) is 0 Å². The number of sulfonamides is 1. The van der Waals surface area contributed by atoms with Crippen LogP contribution in [0, 0.1) is 0 Å². The molecule has 0 amide bonds. The van der Waals surface area contributed by atoms with Gasteiger partial charge in [-0.2, -0.15) is 4.31 Å². The van der Waals surface area contributed by atoms with Gasteiger partial charge in [-0.25, -0.2) is 8.42 Å². The third-order valence-electron chi connectivity index (χ3n) is 4.76. The summed E-state index contributed by atoms with van der Waals surface area (Å²) in [5.41, 5.74) is 1.20. The number of hydrogen-bond acceptors (Lipinski definition) is 6. The SMILES string of the molecule is O=S1(=O)c2ccccc2[C@@H](O)[C@H](Cc2ccc3c(c2)OCO3)N1CCO. The molecule has 2 aromatic rings. The fourth-order valence-electron chi connectivity index (χ4n) is 3.54. The van der Waals surface area contributed by atoms with Crippen molar-refractivity contribution in [2.45, 2.75) is 23.5 Å². The van der Waals surface area contributed by atoms with Gasteiger partial charge in [0.05, 0.1) is 23.6 Å². The van der Waals surface area contributed by atoms with Gasteiger partial charge in [-0.1, -0.05) is 24.3 Å². The standard InChI is InChI=1S/C18H19NO6S/c20-8-7-19-14(9-12-5-6-15-16(10-12)25-11-24-15)18(21)13-3-1-2-4-17(13)26(19,22)23/h1-6,10,14,18,20-21H,7-9,11H2/t14-,18+/m0/s1. The Morgan fingerprint density at radius 2 is 1.88 bits per heavy atom. The molecule has 26 heavy (non-hydrogen) atoms. The molecule has 7 nitrogen and oxygen atoms in total. The van der Waals surface area contributed by atoms with E-state index in [4.69, 9.17) is 9.47 Å². The minimum atomic E-state index is -3.80. The van der Waals surface area contributed by atoms with Crippen LogP contribution in [0.15, 0.2) is 47.4 Å². The molecule has 0 fully saturated rings. The smallest absolute Gasteiger partial charge is 0.243 e. The summed E-state index contributed by atoms with van der Waals surface area (Å²) >= 11 is 0. The lowest BCUT2D eigenvalue weighted by Crippen LogP contribution is -2.50. The fourth-order valence-corrected chi connectivity index (χ4v) is 5.39. The molecule has 0 aromatic heterocycles. The summed E-state index contributed by atoms with van der Waals surface area (Å²) in [4.78, 5) is 0.0860. The molecular weight excluding hydrogens is 358 g/mol. The van der Waals surface area contributed by atoms with Crippen LogP contribution in [-0.2, 0) is 16.4 Å². The van der Waals surface area contributed by atoms with Gasteiger partial charge < -0.3 is 19.7 Å². The second-order valence-electron chi connectivity index (χ2n) is 6.28. The summed E-state index contributed by atoms with van der Waals surface area (Å²) in [5, 5.41) is 20.2. The molecule has 0 saturated carbocycles. The first-order valence-corrected chi connectivity index (χ1v) is 9.74. The van der Waals surface area contributed by atoms with Gasteiger partial charge >= 0.3 is 0 Å². The molecule has 0 radical (unpaired) electrons. The highest BCUT2D eigenvalue weighted by Crippen LogP contribution is 2.39. The molecule has 2 heterocycles. The van der Waals surface area contributed by atoms with Crippen molar-refractivity contribution in [3.8, 4) is 11.5 Å². The van der Waals surface area contributed by atoms with E-state index in [0.717, 1.165) is 5.56 Å². The van der Waals surface area contributed by atoms with Crippen LogP contribution in [0.3, 0.4) is 0 Å². The molecule has 0 saturated heterocycles. The van der Waals surface area contributed by atoms with Crippen LogP contribution in [-0.4, -0.2) is 48.9 Å². The molecule has 2 aromatic carbocycles. The maximum Gasteiger partial charge on any atom is 0.243 e. The third-order valence-corrected chi connectivity index (χ3v) is 6.76. The summed E-state index contributed by atoms with van der Waals surface area (Å²) in [6.07, 6.45) is -0.711. The molecule has 2 aliphatic heterocycles. The Balaban J connectivity index is 1.74. The number of aliphatic hydroxyl groups is 2. The number of ether oxygens (including phenoxy) is 2. The Morgan fingerprint density at radius 1 is 1.12 bits per heavy atom. The zero-order valence-electron chi connectivity index (χ0n) is 13.9. The molecule has 0 bridgehead atoms. The van der Waals surface area contributed by atoms with Crippen molar-refractivity contribution in [1.82, 2.24) is 4.31 Å². The summed E-state index contributed by atoms with van der Waals surface area (Å²) in [7, 11) is -3.80. The number of benzene rings is 2. The van der Waals surface area contributed by atoms with Crippen molar-refractivity contribution in [2.24, 2.45) is 0 Å². The predicted molar refractivity (Wildman–Crippen MR) is 92.4 cm³/mol. The third kappa shape index (κ3) is 2.75. The van der Waals surface area contributed by atoms with E-state index in [1.807, 2.05) is 6.07 Å². The molecular formula is C18H19NO6S. The van der Waals surface area contributed by atoms with Gasteiger partial charge in [0.1, 0.15) is 0 Å². The average Bonchev–Trinajstić information content (AvgIpc) is 3.11. The maximum atomic E-state index is 13.0. The van der Waals surface area contributed by atoms with Crippen LogP contribution in [0.1, 0.15) is 17.2 Å². The summed E-state index contributed by atoms with van der Waals surface area (Å²) in [6.45, 7) is -0.252. The first-order valence-electron chi connectivity index (χ1n) is 8.30. The molecule has 4 rings (SSSR count). The number of nitrogens with zero attached hydrogens (tertiary/aromatic N) is 1. The second-order valence-corrected chi connectivity index (χ2v) is 8.14. The second kappa shape index (κ2) is 6.55. The van der Waals surface area contributed by atoms with E-state index in [-0.39, 0.29) is 31.3 Å². The molecule has 2 N–H and O–H groups in total. The van der Waals surface area contributed by atoms with Crippen LogP contribution < -0.4 is 9.47 Å². The van der Waals surface area contributed by atoms with E-state index >= 15 is 0 Å². The van der Waals surface area contributed by atoms with E-state index in [0.29, 0.717) is 17.1 Å². The van der Waals surface area contributed by atoms with Crippen molar-refractivity contribution in [1.29, 1.82) is 0 Å². The van der Waals surface area contributed by atoms with Crippen LogP contribution in [0.25, 0.3) is 0 Å². The van der Waals surface area contributed by atoms with Gasteiger partial charge in [-0.15, -0.1) is 0 Å². The van der Waals surface area contributed by atoms with E-state index < -0.39 is 22.2 Å². The number of rotatable bonds is 4. The minimum Gasteiger partial charge on any atom is -0.454 e. The van der Waals surface area contributed by atoms with Crippen LogP contribution in [0.2, 0.25) is 0 Å². The lowest BCUT2D eigenvalue weighted by molar-refractivity contribution is 0.0724. The Morgan fingerprint density at radius 3 is 2.69 bits per heavy atom. The van der Waals surface area contributed by atoms with Gasteiger partial charge in [0, 0.05) is 12.1 Å². The summed E-state index contributed by atoms with van der Waals surface area (Å²) in [5.74, 6) is 1.24. The first kappa shape index (κ1) is 17.3. The first-order chi connectivity index (χ1) is 12.5. The zero-order valence-corrected chi connectivity index (χ0v) is 14.7. The largest absolute Gasteiger partial charge is 0.454 e.